The maximum atomic E-state index is 11.8. The number of carbonyl (C=O) groups is 1. The number of benzene rings is 1. The highest BCUT2D eigenvalue weighted by atomic mass is 32.2. The standard InChI is InChI=1S/C13H20N2O2S/c1-9-4-5-11(8-12(9)14)13(16)15-7-6-10(2)18(3)17/h4-5,8,10H,6-7,14H2,1-3H3,(H,15,16). The molecule has 2 unspecified atom stereocenters. The Balaban J connectivity index is 2.50. The van der Waals surface area contributed by atoms with Gasteiger partial charge in [0.2, 0.25) is 0 Å². The van der Waals surface area contributed by atoms with E-state index in [1.165, 1.54) is 0 Å². The number of nitrogen functional groups attached to an aromatic ring is 1. The van der Waals surface area contributed by atoms with Crippen LogP contribution in [-0.4, -0.2) is 28.2 Å². The second kappa shape index (κ2) is 6.54. The maximum absolute atomic E-state index is 11.8. The molecule has 4 nitrogen and oxygen atoms in total. The number of carbonyl (C=O) groups excluding carboxylic acids is 1. The van der Waals surface area contributed by atoms with Gasteiger partial charge in [-0.25, -0.2) is 0 Å². The van der Waals surface area contributed by atoms with Crippen LogP contribution < -0.4 is 11.1 Å². The number of hydrogen-bond acceptors (Lipinski definition) is 3. The van der Waals surface area contributed by atoms with Crippen LogP contribution in [0, 0.1) is 6.92 Å². The molecular formula is C13H20N2O2S. The van der Waals surface area contributed by atoms with E-state index in [1.54, 1.807) is 18.4 Å². The summed E-state index contributed by atoms with van der Waals surface area (Å²) in [6, 6.07) is 5.25. The summed E-state index contributed by atoms with van der Waals surface area (Å²) in [6.45, 7) is 4.33. The second-order valence-electron chi connectivity index (χ2n) is 4.43. The molecule has 0 radical (unpaired) electrons. The first-order valence-electron chi connectivity index (χ1n) is 5.88. The number of anilines is 1. The number of rotatable bonds is 5. The van der Waals surface area contributed by atoms with Gasteiger partial charge in [0.05, 0.1) is 0 Å². The molecule has 0 saturated heterocycles. The van der Waals surface area contributed by atoms with Gasteiger partial charge in [0.1, 0.15) is 0 Å². The van der Waals surface area contributed by atoms with Gasteiger partial charge in [-0.15, -0.1) is 0 Å². The average molecular weight is 268 g/mol. The molecule has 0 aliphatic carbocycles. The molecule has 0 bridgehead atoms. The lowest BCUT2D eigenvalue weighted by molar-refractivity contribution is 0.0953. The fraction of sp³-hybridized carbons (Fsp3) is 0.462. The van der Waals surface area contributed by atoms with E-state index in [9.17, 15) is 9.00 Å². The van der Waals surface area contributed by atoms with Crippen molar-refractivity contribution in [3.63, 3.8) is 0 Å². The van der Waals surface area contributed by atoms with Crippen LogP contribution in [0.1, 0.15) is 29.3 Å². The Morgan fingerprint density at radius 1 is 1.50 bits per heavy atom. The minimum Gasteiger partial charge on any atom is -0.398 e. The van der Waals surface area contributed by atoms with Crippen molar-refractivity contribution in [2.75, 3.05) is 18.5 Å². The molecule has 1 aromatic carbocycles. The summed E-state index contributed by atoms with van der Waals surface area (Å²) in [6.07, 6.45) is 2.38. The summed E-state index contributed by atoms with van der Waals surface area (Å²) < 4.78 is 11.2. The predicted molar refractivity (Wildman–Crippen MR) is 76.1 cm³/mol. The summed E-state index contributed by atoms with van der Waals surface area (Å²) in [4.78, 5) is 11.8. The molecule has 3 N–H and O–H groups in total. The van der Waals surface area contributed by atoms with Crippen molar-refractivity contribution in [2.24, 2.45) is 0 Å². The Bertz CT molecular complexity index is 460. The third-order valence-electron chi connectivity index (χ3n) is 2.94. The largest absolute Gasteiger partial charge is 0.398 e. The molecule has 0 fully saturated rings. The average Bonchev–Trinajstić information content (AvgIpc) is 2.32. The molecule has 0 heterocycles. The highest BCUT2D eigenvalue weighted by Gasteiger charge is 2.09. The highest BCUT2D eigenvalue weighted by Crippen LogP contribution is 2.12. The van der Waals surface area contributed by atoms with Gasteiger partial charge in [0.15, 0.2) is 0 Å². The molecule has 2 atom stereocenters. The van der Waals surface area contributed by atoms with Gasteiger partial charge < -0.3 is 11.1 Å². The lowest BCUT2D eigenvalue weighted by Crippen LogP contribution is -2.27. The zero-order chi connectivity index (χ0) is 13.7. The molecule has 1 aromatic rings. The van der Waals surface area contributed by atoms with Crippen molar-refractivity contribution in [1.82, 2.24) is 5.32 Å². The fourth-order valence-corrected chi connectivity index (χ4v) is 1.89. The molecule has 0 aliphatic heterocycles. The van der Waals surface area contributed by atoms with Crippen LogP contribution >= 0.6 is 0 Å². The van der Waals surface area contributed by atoms with E-state index in [1.807, 2.05) is 19.9 Å². The van der Waals surface area contributed by atoms with E-state index >= 15 is 0 Å². The Morgan fingerprint density at radius 3 is 2.72 bits per heavy atom. The van der Waals surface area contributed by atoms with Gasteiger partial charge >= 0.3 is 0 Å². The number of amides is 1. The van der Waals surface area contributed by atoms with Gasteiger partial charge in [-0.05, 0) is 31.0 Å². The quantitative estimate of drug-likeness (QED) is 0.794. The number of aryl methyl sites for hydroxylation is 1. The SMILES string of the molecule is Cc1ccc(C(=O)NCCC(C)S(C)=O)cc1N. The molecule has 1 amide bonds. The van der Waals surface area contributed by atoms with Crippen molar-refractivity contribution in [2.45, 2.75) is 25.5 Å². The summed E-state index contributed by atoms with van der Waals surface area (Å²) in [5, 5.41) is 2.89. The van der Waals surface area contributed by atoms with E-state index in [4.69, 9.17) is 5.73 Å². The lowest BCUT2D eigenvalue weighted by atomic mass is 10.1. The first-order valence-corrected chi connectivity index (χ1v) is 7.50. The number of nitrogens with one attached hydrogen (secondary N) is 1. The van der Waals surface area contributed by atoms with Gasteiger partial charge in [0, 0.05) is 40.1 Å². The van der Waals surface area contributed by atoms with Gasteiger partial charge in [-0.1, -0.05) is 13.0 Å². The first-order chi connectivity index (χ1) is 8.41. The van der Waals surface area contributed by atoms with E-state index < -0.39 is 10.8 Å². The lowest BCUT2D eigenvalue weighted by Gasteiger charge is -2.10. The summed E-state index contributed by atoms with van der Waals surface area (Å²) >= 11 is 0. The van der Waals surface area contributed by atoms with E-state index in [-0.39, 0.29) is 11.2 Å². The van der Waals surface area contributed by atoms with Crippen molar-refractivity contribution in [3.05, 3.63) is 29.3 Å². The van der Waals surface area contributed by atoms with Crippen molar-refractivity contribution < 1.29 is 9.00 Å². The van der Waals surface area contributed by atoms with Gasteiger partial charge in [-0.2, -0.15) is 0 Å². The molecule has 0 spiro atoms. The maximum Gasteiger partial charge on any atom is 0.251 e. The second-order valence-corrected chi connectivity index (χ2v) is 6.23. The third kappa shape index (κ3) is 4.14. The molecule has 5 heteroatoms. The minimum atomic E-state index is -0.848. The van der Waals surface area contributed by atoms with Crippen molar-refractivity contribution in [1.29, 1.82) is 0 Å². The van der Waals surface area contributed by atoms with Crippen LogP contribution in [-0.2, 0) is 10.8 Å². The molecular weight excluding hydrogens is 248 g/mol. The fourth-order valence-electron chi connectivity index (χ4n) is 1.44. The normalized spacial score (nSPS) is 13.9. The minimum absolute atomic E-state index is 0.0911. The van der Waals surface area contributed by atoms with Crippen LogP contribution in [0.25, 0.3) is 0 Å². The Morgan fingerprint density at radius 2 is 2.17 bits per heavy atom. The Labute approximate surface area is 110 Å². The van der Waals surface area contributed by atoms with E-state index in [2.05, 4.69) is 5.32 Å². The Hall–Kier alpha value is -1.36. The summed E-state index contributed by atoms with van der Waals surface area (Å²) in [7, 11) is -0.848. The molecule has 0 saturated carbocycles. The van der Waals surface area contributed by atoms with Crippen LogP contribution in [0.4, 0.5) is 5.69 Å². The molecule has 0 aliphatic rings. The Kier molecular flexibility index (Phi) is 5.34. The zero-order valence-corrected chi connectivity index (χ0v) is 11.8. The zero-order valence-electron chi connectivity index (χ0n) is 11.0. The van der Waals surface area contributed by atoms with E-state index in [0.717, 1.165) is 5.56 Å². The van der Waals surface area contributed by atoms with Crippen LogP contribution in [0.15, 0.2) is 18.2 Å². The smallest absolute Gasteiger partial charge is 0.251 e. The number of nitrogens with two attached hydrogens (primary N) is 1. The highest BCUT2D eigenvalue weighted by molar-refractivity contribution is 7.84. The van der Waals surface area contributed by atoms with Crippen LogP contribution in [0.2, 0.25) is 0 Å². The molecule has 18 heavy (non-hydrogen) atoms. The molecule has 1 rings (SSSR count). The monoisotopic (exact) mass is 268 g/mol. The molecule has 0 aromatic heterocycles. The van der Waals surface area contributed by atoms with Crippen molar-refractivity contribution >= 4 is 22.4 Å². The molecule has 100 valence electrons. The van der Waals surface area contributed by atoms with Gasteiger partial charge in [0.25, 0.3) is 5.91 Å². The van der Waals surface area contributed by atoms with Crippen molar-refractivity contribution in [3.8, 4) is 0 Å². The van der Waals surface area contributed by atoms with Gasteiger partial charge in [-0.3, -0.25) is 9.00 Å². The number of hydrogen-bond donors (Lipinski definition) is 2. The first kappa shape index (κ1) is 14.7. The summed E-state index contributed by atoms with van der Waals surface area (Å²) in [5.41, 5.74) is 7.89. The topological polar surface area (TPSA) is 72.2 Å². The summed E-state index contributed by atoms with van der Waals surface area (Å²) in [5.74, 6) is -0.143. The van der Waals surface area contributed by atoms with Crippen LogP contribution in [0.3, 0.4) is 0 Å². The third-order valence-corrected chi connectivity index (χ3v) is 4.31. The van der Waals surface area contributed by atoms with E-state index in [0.29, 0.717) is 24.2 Å². The predicted octanol–water partition coefficient (Wildman–Crippen LogP) is 1.46. The van der Waals surface area contributed by atoms with Crippen LogP contribution in [0.5, 0.6) is 0 Å².